The van der Waals surface area contributed by atoms with E-state index in [0.717, 1.165) is 28.1 Å². The number of hydrogen-bond donors (Lipinski definition) is 0. The molecule has 0 aliphatic carbocycles. The molecule has 0 bridgehead atoms. The lowest BCUT2D eigenvalue weighted by molar-refractivity contribution is 0.366. The Bertz CT molecular complexity index is 745. The highest BCUT2D eigenvalue weighted by atomic mass is 32.2. The highest BCUT2D eigenvalue weighted by molar-refractivity contribution is 7.90. The van der Waals surface area contributed by atoms with Crippen molar-refractivity contribution in [1.29, 1.82) is 0 Å². The van der Waals surface area contributed by atoms with Crippen molar-refractivity contribution in [3.05, 3.63) is 53.1 Å². The van der Waals surface area contributed by atoms with Gasteiger partial charge in [-0.15, -0.1) is 4.31 Å². The third-order valence-corrected chi connectivity index (χ3v) is 6.11. The summed E-state index contributed by atoms with van der Waals surface area (Å²) in [6.45, 7) is 8.57. The van der Waals surface area contributed by atoms with Gasteiger partial charge in [0.25, 0.3) is 0 Å². The smallest absolute Gasteiger partial charge is 0.137 e. The normalized spacial score (nSPS) is 19.2. The van der Waals surface area contributed by atoms with Crippen molar-refractivity contribution >= 4 is 11.4 Å². The third kappa shape index (κ3) is 2.90. The number of aromatic nitrogens is 2. The van der Waals surface area contributed by atoms with E-state index in [0.29, 0.717) is 6.54 Å². The van der Waals surface area contributed by atoms with E-state index in [1.54, 1.807) is 13.4 Å². The molecule has 1 aromatic carbocycles. The summed E-state index contributed by atoms with van der Waals surface area (Å²) in [5, 5.41) is 0. The largest absolute Gasteiger partial charge is 0.597 e. The molecule has 2 heterocycles. The molecule has 128 valence electrons. The van der Waals surface area contributed by atoms with Crippen LogP contribution in [0.1, 0.15) is 49.2 Å². The van der Waals surface area contributed by atoms with Crippen LogP contribution >= 0.6 is 0 Å². The molecule has 0 saturated heterocycles. The number of ether oxygens (including phenoxy) is 1. The number of benzene rings is 1. The fraction of sp³-hybridized carbons (Fsp3) is 0.444. The fourth-order valence-corrected chi connectivity index (χ4v) is 4.46. The second kappa shape index (κ2) is 6.35. The second-order valence-corrected chi connectivity index (χ2v) is 9.13. The van der Waals surface area contributed by atoms with Gasteiger partial charge >= 0.3 is 0 Å². The summed E-state index contributed by atoms with van der Waals surface area (Å²) in [7, 11) is 1.67. The molecule has 24 heavy (non-hydrogen) atoms. The minimum Gasteiger partial charge on any atom is -0.597 e. The van der Waals surface area contributed by atoms with E-state index in [4.69, 9.17) is 4.74 Å². The van der Waals surface area contributed by atoms with Crippen LogP contribution in [0.5, 0.6) is 5.75 Å². The highest BCUT2D eigenvalue weighted by Crippen LogP contribution is 2.43. The Labute approximate surface area is 146 Å². The summed E-state index contributed by atoms with van der Waals surface area (Å²) in [5.41, 5.74) is 4.10. The molecule has 0 N–H and O–H groups in total. The van der Waals surface area contributed by atoms with Crippen LogP contribution in [-0.2, 0) is 17.9 Å². The van der Waals surface area contributed by atoms with Crippen molar-refractivity contribution in [1.82, 2.24) is 14.3 Å². The van der Waals surface area contributed by atoms with E-state index in [9.17, 15) is 4.55 Å². The predicted octanol–water partition coefficient (Wildman–Crippen LogP) is 3.16. The molecule has 3 rings (SSSR count). The van der Waals surface area contributed by atoms with Crippen LogP contribution in [-0.4, -0.2) is 30.7 Å². The first kappa shape index (κ1) is 17.2. The van der Waals surface area contributed by atoms with Crippen LogP contribution in [0.3, 0.4) is 0 Å². The Balaban J connectivity index is 2.13. The Morgan fingerprint density at radius 3 is 2.71 bits per heavy atom. The minimum atomic E-state index is -1.16. The maximum atomic E-state index is 13.1. The second-order valence-electron chi connectivity index (χ2n) is 6.94. The van der Waals surface area contributed by atoms with Crippen LogP contribution in [0.15, 0.2) is 30.7 Å². The van der Waals surface area contributed by atoms with E-state index in [1.165, 1.54) is 0 Å². The van der Waals surface area contributed by atoms with Gasteiger partial charge in [-0.3, -0.25) is 0 Å². The minimum absolute atomic E-state index is 0.128. The van der Waals surface area contributed by atoms with Gasteiger partial charge in [-0.1, -0.05) is 12.1 Å². The average molecular weight is 345 g/mol. The summed E-state index contributed by atoms with van der Waals surface area (Å²) in [5.74, 6) is 0.833. The van der Waals surface area contributed by atoms with Gasteiger partial charge in [0.1, 0.15) is 22.9 Å². The standard InChI is InChI=1S/C18H23N3O2S/c1-12-13(7-6-8-16(12)23-5)17-14-9-19-11-20-15(14)10-21(17)24(22)18(2,3)4/h6-9,11,17H,10H2,1-5H3/t17-,24?/m1/s1. The van der Waals surface area contributed by atoms with E-state index >= 15 is 0 Å². The van der Waals surface area contributed by atoms with Crippen LogP contribution < -0.4 is 4.74 Å². The molecule has 0 amide bonds. The van der Waals surface area contributed by atoms with Crippen LogP contribution in [0.4, 0.5) is 0 Å². The SMILES string of the molecule is COc1cccc([C@@H]2c3cncnc3CN2[S+]([O-])C(C)(C)C)c1C. The lowest BCUT2D eigenvalue weighted by atomic mass is 9.97. The lowest BCUT2D eigenvalue weighted by Gasteiger charge is -2.34. The van der Waals surface area contributed by atoms with Gasteiger partial charge in [-0.2, -0.15) is 0 Å². The molecule has 1 aliphatic heterocycles. The van der Waals surface area contributed by atoms with Crippen molar-refractivity contribution in [2.75, 3.05) is 7.11 Å². The molecular formula is C18H23N3O2S. The number of fused-ring (bicyclic) bond motifs is 1. The highest BCUT2D eigenvalue weighted by Gasteiger charge is 2.45. The van der Waals surface area contributed by atoms with Gasteiger partial charge in [0.05, 0.1) is 19.3 Å². The summed E-state index contributed by atoms with van der Waals surface area (Å²) in [6.07, 6.45) is 3.39. The number of rotatable bonds is 3. The van der Waals surface area contributed by atoms with Gasteiger partial charge < -0.3 is 9.29 Å². The number of methoxy groups -OCH3 is 1. The monoisotopic (exact) mass is 345 g/mol. The lowest BCUT2D eigenvalue weighted by Crippen LogP contribution is -2.42. The average Bonchev–Trinajstić information content (AvgIpc) is 2.92. The first-order valence-corrected chi connectivity index (χ1v) is 9.06. The van der Waals surface area contributed by atoms with Crippen molar-refractivity contribution in [2.24, 2.45) is 0 Å². The molecule has 1 aromatic heterocycles. The Hall–Kier alpha value is -1.63. The summed E-state index contributed by atoms with van der Waals surface area (Å²) in [4.78, 5) is 8.60. The first-order chi connectivity index (χ1) is 11.3. The van der Waals surface area contributed by atoms with E-state index in [-0.39, 0.29) is 10.8 Å². The summed E-state index contributed by atoms with van der Waals surface area (Å²) in [6, 6.07) is 5.86. The molecule has 5 nitrogen and oxygen atoms in total. The fourth-order valence-electron chi connectivity index (χ4n) is 3.10. The molecule has 1 aliphatic rings. The quantitative estimate of drug-likeness (QED) is 0.800. The number of nitrogens with zero attached hydrogens (tertiary/aromatic N) is 3. The Morgan fingerprint density at radius 2 is 2.04 bits per heavy atom. The molecule has 0 fully saturated rings. The zero-order valence-corrected chi connectivity index (χ0v) is 15.6. The van der Waals surface area contributed by atoms with Crippen molar-refractivity contribution in [2.45, 2.75) is 45.0 Å². The molecule has 0 spiro atoms. The maximum absolute atomic E-state index is 13.1. The molecule has 2 aromatic rings. The van der Waals surface area contributed by atoms with Crippen molar-refractivity contribution in [3.63, 3.8) is 0 Å². The number of hydrogen-bond acceptors (Lipinski definition) is 5. The molecule has 0 saturated carbocycles. The van der Waals surface area contributed by atoms with Crippen LogP contribution in [0.25, 0.3) is 0 Å². The van der Waals surface area contributed by atoms with Crippen LogP contribution in [0, 0.1) is 6.92 Å². The van der Waals surface area contributed by atoms with Gasteiger partial charge in [-0.05, 0) is 44.9 Å². The van der Waals surface area contributed by atoms with Gasteiger partial charge in [0, 0.05) is 23.1 Å². The molecule has 2 atom stereocenters. The first-order valence-electron chi connectivity index (χ1n) is 7.95. The van der Waals surface area contributed by atoms with Crippen molar-refractivity contribution in [3.8, 4) is 5.75 Å². The van der Waals surface area contributed by atoms with Gasteiger partial charge in [0.15, 0.2) is 0 Å². The Kier molecular flexibility index (Phi) is 4.55. The summed E-state index contributed by atoms with van der Waals surface area (Å²) >= 11 is -1.16. The topological polar surface area (TPSA) is 61.3 Å². The molecule has 6 heteroatoms. The maximum Gasteiger partial charge on any atom is 0.137 e. The molecule has 1 unspecified atom stereocenters. The molecular weight excluding hydrogens is 322 g/mol. The summed E-state index contributed by atoms with van der Waals surface area (Å²) < 4.78 is 20.3. The zero-order chi connectivity index (χ0) is 17.5. The van der Waals surface area contributed by atoms with E-state index in [2.05, 4.69) is 16.0 Å². The van der Waals surface area contributed by atoms with Gasteiger partial charge in [-0.25, -0.2) is 9.97 Å². The van der Waals surface area contributed by atoms with Crippen LogP contribution in [0.2, 0.25) is 0 Å². The van der Waals surface area contributed by atoms with Gasteiger partial charge in [0.2, 0.25) is 0 Å². The zero-order valence-electron chi connectivity index (χ0n) is 14.7. The van der Waals surface area contributed by atoms with E-state index < -0.39 is 11.4 Å². The Morgan fingerprint density at radius 1 is 1.29 bits per heavy atom. The predicted molar refractivity (Wildman–Crippen MR) is 95.0 cm³/mol. The van der Waals surface area contributed by atoms with E-state index in [1.807, 2.05) is 50.3 Å². The third-order valence-electron chi connectivity index (χ3n) is 4.29. The molecule has 0 radical (unpaired) electrons. The van der Waals surface area contributed by atoms with Crippen molar-refractivity contribution < 1.29 is 9.29 Å².